The number of benzene rings is 2. The van der Waals surface area contributed by atoms with Crippen LogP contribution in [0, 0.1) is 13.8 Å². The molecular formula is C27H27NO3S. The van der Waals surface area contributed by atoms with E-state index in [0.717, 1.165) is 28.0 Å². The highest BCUT2D eigenvalue weighted by Crippen LogP contribution is 2.40. The normalized spacial score (nSPS) is 14.6. The maximum atomic E-state index is 13.6. The summed E-state index contributed by atoms with van der Waals surface area (Å²) < 4.78 is 5.43. The van der Waals surface area contributed by atoms with Gasteiger partial charge < -0.3 is 4.42 Å². The molecule has 0 fully saturated rings. The molecule has 164 valence electrons. The van der Waals surface area contributed by atoms with Crippen molar-refractivity contribution >= 4 is 34.8 Å². The Bertz CT molecular complexity index is 1200. The molecule has 0 unspecified atom stereocenters. The number of amides is 2. The van der Waals surface area contributed by atoms with Crippen molar-refractivity contribution in [1.82, 2.24) is 0 Å². The Labute approximate surface area is 193 Å². The third-order valence-electron chi connectivity index (χ3n) is 5.77. The smallest absolute Gasteiger partial charge is 0.272 e. The van der Waals surface area contributed by atoms with E-state index >= 15 is 0 Å². The minimum Gasteiger partial charge on any atom is -0.468 e. The summed E-state index contributed by atoms with van der Waals surface area (Å²) in [5.74, 6) is 0.661. The summed E-state index contributed by atoms with van der Waals surface area (Å²) in [6, 6.07) is 17.3. The maximum absolute atomic E-state index is 13.6. The molecule has 1 aliphatic heterocycles. The monoisotopic (exact) mass is 445 g/mol. The lowest BCUT2D eigenvalue weighted by Crippen LogP contribution is -2.31. The second-order valence-corrected chi connectivity index (χ2v) is 10.1. The Morgan fingerprint density at radius 3 is 2.22 bits per heavy atom. The number of thioether (sulfide) groups is 1. The van der Waals surface area contributed by atoms with E-state index in [1.807, 2.05) is 68.4 Å². The zero-order chi connectivity index (χ0) is 23.0. The van der Waals surface area contributed by atoms with Gasteiger partial charge in [0.05, 0.1) is 28.2 Å². The lowest BCUT2D eigenvalue weighted by Gasteiger charge is -2.21. The second-order valence-electron chi connectivity index (χ2n) is 9.11. The molecular weight excluding hydrogens is 418 g/mol. The number of rotatable bonds is 5. The first kappa shape index (κ1) is 22.2. The van der Waals surface area contributed by atoms with Gasteiger partial charge in [-0.3, -0.25) is 9.59 Å². The van der Waals surface area contributed by atoms with Gasteiger partial charge in [-0.15, -0.1) is 11.8 Å². The summed E-state index contributed by atoms with van der Waals surface area (Å²) in [7, 11) is 0. The molecule has 0 bridgehead atoms. The average molecular weight is 446 g/mol. The molecule has 4 rings (SSSR count). The van der Waals surface area contributed by atoms with Crippen LogP contribution in [0.4, 0.5) is 5.69 Å². The molecule has 0 atom stereocenters. The van der Waals surface area contributed by atoms with Crippen molar-refractivity contribution in [3.05, 3.63) is 93.8 Å². The molecule has 2 heterocycles. The molecule has 4 nitrogen and oxygen atoms in total. The number of anilines is 1. The molecule has 3 aromatic rings. The maximum Gasteiger partial charge on any atom is 0.272 e. The topological polar surface area (TPSA) is 50.5 Å². The first-order chi connectivity index (χ1) is 15.2. The van der Waals surface area contributed by atoms with E-state index < -0.39 is 0 Å². The molecule has 2 amide bonds. The number of carbonyl (C=O) groups excluding carboxylic acids is 2. The van der Waals surface area contributed by atoms with Gasteiger partial charge in [0.2, 0.25) is 0 Å². The quantitative estimate of drug-likeness (QED) is 0.426. The van der Waals surface area contributed by atoms with Gasteiger partial charge in [0.25, 0.3) is 11.8 Å². The molecule has 32 heavy (non-hydrogen) atoms. The van der Waals surface area contributed by atoms with Crippen molar-refractivity contribution in [3.8, 4) is 0 Å². The summed E-state index contributed by atoms with van der Waals surface area (Å²) in [4.78, 5) is 28.8. The number of furan rings is 1. The van der Waals surface area contributed by atoms with Crippen LogP contribution in [-0.2, 0) is 20.8 Å². The van der Waals surface area contributed by atoms with Crippen LogP contribution in [0.5, 0.6) is 0 Å². The Hall–Kier alpha value is -3.05. The minimum absolute atomic E-state index is 0.00948. The average Bonchev–Trinajstić information content (AvgIpc) is 3.34. The highest BCUT2D eigenvalue weighted by molar-refractivity contribution is 8.03. The van der Waals surface area contributed by atoms with Crippen molar-refractivity contribution in [2.24, 2.45) is 0 Å². The fourth-order valence-corrected chi connectivity index (χ4v) is 4.69. The molecule has 0 saturated carbocycles. The van der Waals surface area contributed by atoms with E-state index in [1.54, 1.807) is 6.26 Å². The number of aryl methyl sites for hydroxylation is 2. The Morgan fingerprint density at radius 2 is 1.62 bits per heavy atom. The van der Waals surface area contributed by atoms with Crippen molar-refractivity contribution < 1.29 is 14.0 Å². The molecule has 2 aromatic carbocycles. The van der Waals surface area contributed by atoms with Gasteiger partial charge in [-0.05, 0) is 65.8 Å². The molecule has 5 heteroatoms. The summed E-state index contributed by atoms with van der Waals surface area (Å²) in [6.45, 7) is 10.5. The molecule has 0 radical (unpaired) electrons. The van der Waals surface area contributed by atoms with E-state index in [-0.39, 0.29) is 17.2 Å². The molecule has 1 aliphatic rings. The Balaban J connectivity index is 1.74. The highest BCUT2D eigenvalue weighted by atomic mass is 32.2. The lowest BCUT2D eigenvalue weighted by molar-refractivity contribution is -0.119. The summed E-state index contributed by atoms with van der Waals surface area (Å²) in [6.07, 6.45) is 1.61. The number of hydrogen-bond acceptors (Lipinski definition) is 4. The van der Waals surface area contributed by atoms with Crippen LogP contribution in [0.2, 0.25) is 0 Å². The van der Waals surface area contributed by atoms with E-state index in [9.17, 15) is 9.59 Å². The van der Waals surface area contributed by atoms with Crippen LogP contribution >= 0.6 is 11.8 Å². The Morgan fingerprint density at radius 1 is 0.906 bits per heavy atom. The molecule has 0 spiro atoms. The fraction of sp³-hybridized carbons (Fsp3) is 0.259. The van der Waals surface area contributed by atoms with Crippen LogP contribution in [0.1, 0.15) is 48.8 Å². The van der Waals surface area contributed by atoms with E-state index in [2.05, 4.69) is 20.8 Å². The van der Waals surface area contributed by atoms with Crippen molar-refractivity contribution in [2.75, 3.05) is 4.90 Å². The van der Waals surface area contributed by atoms with Crippen LogP contribution in [-0.4, -0.2) is 11.8 Å². The Kier molecular flexibility index (Phi) is 5.87. The van der Waals surface area contributed by atoms with E-state index in [1.165, 1.54) is 16.7 Å². The van der Waals surface area contributed by atoms with Gasteiger partial charge in [-0.1, -0.05) is 51.1 Å². The van der Waals surface area contributed by atoms with E-state index in [0.29, 0.717) is 21.9 Å². The standard InChI is InChI=1S/C27H27NO3S/c1-17-8-9-19(15-18(17)2)23-24(32-16-22-7-6-14-31-22)26(30)28(25(23)29)21-12-10-20(11-13-21)27(3,4)5/h6-15H,16H2,1-5H3. The van der Waals surface area contributed by atoms with Crippen molar-refractivity contribution in [2.45, 2.75) is 45.8 Å². The van der Waals surface area contributed by atoms with Gasteiger partial charge in [-0.25, -0.2) is 4.90 Å². The summed E-state index contributed by atoms with van der Waals surface area (Å²) in [5, 5.41) is 0. The number of carbonyl (C=O) groups is 2. The zero-order valence-electron chi connectivity index (χ0n) is 19.1. The van der Waals surface area contributed by atoms with Crippen LogP contribution in [0.3, 0.4) is 0 Å². The van der Waals surface area contributed by atoms with Gasteiger partial charge in [-0.2, -0.15) is 0 Å². The first-order valence-corrected chi connectivity index (χ1v) is 11.6. The number of imide groups is 1. The van der Waals surface area contributed by atoms with Crippen molar-refractivity contribution in [3.63, 3.8) is 0 Å². The third kappa shape index (κ3) is 4.17. The lowest BCUT2D eigenvalue weighted by atomic mass is 9.87. The highest BCUT2D eigenvalue weighted by Gasteiger charge is 2.40. The van der Waals surface area contributed by atoms with Crippen molar-refractivity contribution in [1.29, 1.82) is 0 Å². The number of nitrogens with zero attached hydrogens (tertiary/aromatic N) is 1. The zero-order valence-corrected chi connectivity index (χ0v) is 19.9. The molecule has 0 N–H and O–H groups in total. The van der Waals surface area contributed by atoms with Gasteiger partial charge in [0.15, 0.2) is 0 Å². The molecule has 0 saturated heterocycles. The van der Waals surface area contributed by atoms with Gasteiger partial charge >= 0.3 is 0 Å². The SMILES string of the molecule is Cc1ccc(C2=C(SCc3ccco3)C(=O)N(c3ccc(C(C)(C)C)cc3)C2=O)cc1C. The van der Waals surface area contributed by atoms with Gasteiger partial charge in [0.1, 0.15) is 5.76 Å². The van der Waals surface area contributed by atoms with E-state index in [4.69, 9.17) is 4.42 Å². The van der Waals surface area contributed by atoms with Crippen LogP contribution < -0.4 is 4.90 Å². The summed E-state index contributed by atoms with van der Waals surface area (Å²) in [5.41, 5.74) is 5.17. The largest absolute Gasteiger partial charge is 0.468 e. The summed E-state index contributed by atoms with van der Waals surface area (Å²) >= 11 is 1.35. The van der Waals surface area contributed by atoms with Gasteiger partial charge in [0, 0.05) is 0 Å². The van der Waals surface area contributed by atoms with Crippen LogP contribution in [0.15, 0.2) is 70.2 Å². The first-order valence-electron chi connectivity index (χ1n) is 10.6. The molecule has 1 aromatic heterocycles. The third-order valence-corrected chi connectivity index (χ3v) is 6.86. The molecule has 0 aliphatic carbocycles. The number of hydrogen-bond donors (Lipinski definition) is 0. The second kappa shape index (κ2) is 8.47. The fourth-order valence-electron chi connectivity index (χ4n) is 3.68. The predicted molar refractivity (Wildman–Crippen MR) is 130 cm³/mol. The minimum atomic E-state index is -0.289. The van der Waals surface area contributed by atoms with Crippen LogP contribution in [0.25, 0.3) is 5.57 Å². The predicted octanol–water partition coefficient (Wildman–Crippen LogP) is 6.41.